The first-order chi connectivity index (χ1) is 9.59. The summed E-state index contributed by atoms with van der Waals surface area (Å²) in [6.45, 7) is 7.31. The summed E-state index contributed by atoms with van der Waals surface area (Å²) in [4.78, 5) is 11.6. The SMILES string of the molecule is COC(=O)c1cc(O)c(F)c(B2OC(C)(C)C(C)(C)O2)c1. The van der Waals surface area contributed by atoms with Gasteiger partial charge in [-0.25, -0.2) is 9.18 Å². The van der Waals surface area contributed by atoms with Crippen LogP contribution in [0.3, 0.4) is 0 Å². The van der Waals surface area contributed by atoms with Crippen molar-refractivity contribution in [3.05, 3.63) is 23.5 Å². The Morgan fingerprint density at radius 3 is 2.24 bits per heavy atom. The second-order valence-electron chi connectivity index (χ2n) is 5.98. The topological polar surface area (TPSA) is 65.0 Å². The van der Waals surface area contributed by atoms with Gasteiger partial charge in [0, 0.05) is 5.46 Å². The molecule has 1 N–H and O–H groups in total. The summed E-state index contributed by atoms with van der Waals surface area (Å²) in [5.74, 6) is -2.20. The Morgan fingerprint density at radius 1 is 1.24 bits per heavy atom. The summed E-state index contributed by atoms with van der Waals surface area (Å²) < 4.78 is 30.2. The minimum absolute atomic E-state index is 0.0288. The maximum atomic E-state index is 14.1. The van der Waals surface area contributed by atoms with Gasteiger partial charge >= 0.3 is 13.1 Å². The van der Waals surface area contributed by atoms with E-state index in [4.69, 9.17) is 9.31 Å². The van der Waals surface area contributed by atoms with Gasteiger partial charge in [-0.1, -0.05) is 0 Å². The van der Waals surface area contributed by atoms with Crippen LogP contribution in [0.2, 0.25) is 0 Å². The Morgan fingerprint density at radius 2 is 1.76 bits per heavy atom. The summed E-state index contributed by atoms with van der Waals surface area (Å²) in [6, 6.07) is 2.28. The highest BCUT2D eigenvalue weighted by atomic mass is 19.1. The maximum absolute atomic E-state index is 14.1. The van der Waals surface area contributed by atoms with E-state index < -0.39 is 35.9 Å². The normalized spacial score (nSPS) is 19.6. The van der Waals surface area contributed by atoms with E-state index in [9.17, 15) is 14.3 Å². The highest BCUT2D eigenvalue weighted by Gasteiger charge is 2.52. The fraction of sp³-hybridized carbons (Fsp3) is 0.500. The zero-order chi connectivity index (χ0) is 16.0. The van der Waals surface area contributed by atoms with Gasteiger partial charge in [-0.3, -0.25) is 0 Å². The number of carbonyl (C=O) groups excluding carboxylic acids is 1. The van der Waals surface area contributed by atoms with Gasteiger partial charge in [-0.05, 0) is 39.8 Å². The van der Waals surface area contributed by atoms with E-state index in [2.05, 4.69) is 4.74 Å². The molecule has 7 heteroatoms. The van der Waals surface area contributed by atoms with Crippen LogP contribution in [0.15, 0.2) is 12.1 Å². The van der Waals surface area contributed by atoms with Gasteiger partial charge in [0.1, 0.15) is 0 Å². The first-order valence-electron chi connectivity index (χ1n) is 6.55. The number of hydrogen-bond donors (Lipinski definition) is 1. The Bertz CT molecular complexity index is 569. The molecule has 0 aliphatic carbocycles. The molecule has 0 spiro atoms. The lowest BCUT2D eigenvalue weighted by Crippen LogP contribution is -2.41. The van der Waals surface area contributed by atoms with Crippen molar-refractivity contribution >= 4 is 18.6 Å². The predicted octanol–water partition coefficient (Wildman–Crippen LogP) is 1.62. The second-order valence-corrected chi connectivity index (χ2v) is 5.98. The number of esters is 1. The number of benzene rings is 1. The highest BCUT2D eigenvalue weighted by Crippen LogP contribution is 2.37. The van der Waals surface area contributed by atoms with Gasteiger partial charge in [0.2, 0.25) is 0 Å². The van der Waals surface area contributed by atoms with Crippen LogP contribution in [-0.4, -0.2) is 36.5 Å². The van der Waals surface area contributed by atoms with Crippen molar-refractivity contribution < 1.29 is 28.3 Å². The Balaban J connectivity index is 2.46. The van der Waals surface area contributed by atoms with Crippen LogP contribution in [0.5, 0.6) is 5.75 Å². The van der Waals surface area contributed by atoms with E-state index in [0.717, 1.165) is 6.07 Å². The minimum atomic E-state index is -1.01. The molecule has 0 saturated carbocycles. The van der Waals surface area contributed by atoms with Gasteiger partial charge in [-0.15, -0.1) is 0 Å². The summed E-state index contributed by atoms with van der Waals surface area (Å²) in [5.41, 5.74) is -1.31. The van der Waals surface area contributed by atoms with Gasteiger partial charge in [0.05, 0.1) is 23.9 Å². The molecule has 0 bridgehead atoms. The zero-order valence-electron chi connectivity index (χ0n) is 12.7. The molecule has 1 aromatic carbocycles. The van der Waals surface area contributed by atoms with Crippen LogP contribution < -0.4 is 5.46 Å². The predicted molar refractivity (Wildman–Crippen MR) is 75.1 cm³/mol. The third-order valence-electron chi connectivity index (χ3n) is 4.01. The van der Waals surface area contributed by atoms with Crippen molar-refractivity contribution in [1.29, 1.82) is 0 Å². The zero-order valence-corrected chi connectivity index (χ0v) is 12.7. The summed E-state index contributed by atoms with van der Waals surface area (Å²) >= 11 is 0. The van der Waals surface area contributed by atoms with Crippen LogP contribution in [-0.2, 0) is 14.0 Å². The average molecular weight is 296 g/mol. The van der Waals surface area contributed by atoms with E-state index in [-0.39, 0.29) is 11.0 Å². The first kappa shape index (κ1) is 15.8. The van der Waals surface area contributed by atoms with Crippen LogP contribution >= 0.6 is 0 Å². The lowest BCUT2D eigenvalue weighted by Gasteiger charge is -2.32. The first-order valence-corrected chi connectivity index (χ1v) is 6.55. The molecule has 0 aromatic heterocycles. The number of methoxy groups -OCH3 is 1. The van der Waals surface area contributed by atoms with Crippen molar-refractivity contribution in [3.63, 3.8) is 0 Å². The van der Waals surface area contributed by atoms with Crippen molar-refractivity contribution in [2.45, 2.75) is 38.9 Å². The van der Waals surface area contributed by atoms with Crippen molar-refractivity contribution in [2.75, 3.05) is 7.11 Å². The van der Waals surface area contributed by atoms with Crippen LogP contribution in [0, 0.1) is 5.82 Å². The molecule has 0 radical (unpaired) electrons. The smallest absolute Gasteiger partial charge is 0.498 e. The van der Waals surface area contributed by atoms with E-state index in [1.165, 1.54) is 13.2 Å². The number of phenols is 1. The number of rotatable bonds is 2. The van der Waals surface area contributed by atoms with Crippen molar-refractivity contribution in [1.82, 2.24) is 0 Å². The van der Waals surface area contributed by atoms with Gasteiger partial charge < -0.3 is 19.2 Å². The molecule has 0 atom stereocenters. The third-order valence-corrected chi connectivity index (χ3v) is 4.01. The molecule has 0 amide bonds. The van der Waals surface area contributed by atoms with Crippen molar-refractivity contribution in [2.24, 2.45) is 0 Å². The minimum Gasteiger partial charge on any atom is -0.505 e. The second kappa shape index (κ2) is 5.00. The quantitative estimate of drug-likeness (QED) is 0.663. The summed E-state index contributed by atoms with van der Waals surface area (Å²) in [6.07, 6.45) is 0. The van der Waals surface area contributed by atoms with E-state index in [0.29, 0.717) is 0 Å². The molecule has 0 unspecified atom stereocenters. The van der Waals surface area contributed by atoms with E-state index in [1.807, 2.05) is 27.7 Å². The maximum Gasteiger partial charge on any atom is 0.498 e. The van der Waals surface area contributed by atoms with Gasteiger partial charge in [0.25, 0.3) is 0 Å². The van der Waals surface area contributed by atoms with Gasteiger partial charge in [-0.2, -0.15) is 0 Å². The Hall–Kier alpha value is -1.60. The van der Waals surface area contributed by atoms with E-state index in [1.54, 1.807) is 0 Å². The number of ether oxygens (including phenoxy) is 1. The molecule has 1 aromatic rings. The molecular formula is C14H18BFO5. The number of aromatic hydroxyl groups is 1. The largest absolute Gasteiger partial charge is 0.505 e. The van der Waals surface area contributed by atoms with Crippen LogP contribution in [0.1, 0.15) is 38.1 Å². The molecule has 21 heavy (non-hydrogen) atoms. The standard InChI is InChI=1S/C14H18BFO5/c1-13(2)14(3,4)21-15(20-13)9-6-8(12(18)19-5)7-10(17)11(9)16/h6-7,17H,1-5H3. The third kappa shape index (κ3) is 2.63. The lowest BCUT2D eigenvalue weighted by molar-refractivity contribution is 0.00578. The molecule has 1 aliphatic heterocycles. The van der Waals surface area contributed by atoms with E-state index >= 15 is 0 Å². The highest BCUT2D eigenvalue weighted by molar-refractivity contribution is 6.62. The summed E-state index contributed by atoms with van der Waals surface area (Å²) in [5, 5.41) is 9.65. The van der Waals surface area contributed by atoms with Crippen molar-refractivity contribution in [3.8, 4) is 5.75 Å². The number of halogens is 1. The fourth-order valence-electron chi connectivity index (χ4n) is 2.01. The fourth-order valence-corrected chi connectivity index (χ4v) is 2.01. The Kier molecular flexibility index (Phi) is 3.76. The van der Waals surface area contributed by atoms with Gasteiger partial charge in [0.15, 0.2) is 11.6 Å². The van der Waals surface area contributed by atoms with Crippen LogP contribution in [0.25, 0.3) is 0 Å². The number of hydrogen-bond acceptors (Lipinski definition) is 5. The molecule has 114 valence electrons. The molecule has 1 heterocycles. The molecular weight excluding hydrogens is 278 g/mol. The molecule has 1 fully saturated rings. The molecule has 1 aliphatic rings. The summed E-state index contributed by atoms with van der Waals surface area (Å²) in [7, 11) is 0.197. The number of phenolic OH excluding ortho intramolecular Hbond substituents is 1. The molecule has 5 nitrogen and oxygen atoms in total. The average Bonchev–Trinajstić information content (AvgIpc) is 2.60. The molecule has 2 rings (SSSR count). The Labute approximate surface area is 123 Å². The lowest BCUT2D eigenvalue weighted by atomic mass is 9.77. The number of carbonyl (C=O) groups is 1. The monoisotopic (exact) mass is 296 g/mol. The molecule has 1 saturated heterocycles. The van der Waals surface area contributed by atoms with Crippen LogP contribution in [0.4, 0.5) is 4.39 Å².